The van der Waals surface area contributed by atoms with E-state index in [1.54, 1.807) is 55.6 Å². The summed E-state index contributed by atoms with van der Waals surface area (Å²) in [7, 11) is 1.70. The van der Waals surface area contributed by atoms with E-state index in [-0.39, 0.29) is 0 Å². The van der Waals surface area contributed by atoms with Gasteiger partial charge in [0.2, 0.25) is 0 Å². The van der Waals surface area contributed by atoms with Crippen molar-refractivity contribution in [2.24, 2.45) is 0 Å². The minimum Gasteiger partial charge on any atom is -0.452 e. The van der Waals surface area contributed by atoms with Crippen molar-refractivity contribution in [3.05, 3.63) is 59.7 Å². The van der Waals surface area contributed by atoms with Crippen LogP contribution in [0.15, 0.2) is 48.5 Å². The molecule has 23 heavy (non-hydrogen) atoms. The Hall–Kier alpha value is -3.33. The zero-order chi connectivity index (χ0) is 16.7. The van der Waals surface area contributed by atoms with Crippen molar-refractivity contribution >= 4 is 23.3 Å². The fourth-order valence-electron chi connectivity index (χ4n) is 1.91. The van der Waals surface area contributed by atoms with Gasteiger partial charge in [0.1, 0.15) is 0 Å². The molecule has 2 aromatic carbocycles. The molecule has 0 saturated heterocycles. The molecule has 1 amide bonds. The van der Waals surface area contributed by atoms with Crippen molar-refractivity contribution in [2.45, 2.75) is 0 Å². The van der Waals surface area contributed by atoms with Gasteiger partial charge in [0.15, 0.2) is 6.61 Å². The lowest BCUT2D eigenvalue weighted by molar-refractivity contribution is -0.119. The number of rotatable bonds is 5. The van der Waals surface area contributed by atoms with E-state index in [9.17, 15) is 9.59 Å². The van der Waals surface area contributed by atoms with Crippen LogP contribution in [-0.4, -0.2) is 25.5 Å². The number of esters is 1. The largest absolute Gasteiger partial charge is 0.452 e. The Morgan fingerprint density at radius 2 is 1.83 bits per heavy atom. The number of hydrogen-bond donors (Lipinski definition) is 2. The monoisotopic (exact) mass is 309 g/mol. The Labute approximate surface area is 133 Å². The van der Waals surface area contributed by atoms with Crippen LogP contribution in [0.2, 0.25) is 0 Å². The van der Waals surface area contributed by atoms with Crippen molar-refractivity contribution in [1.29, 1.82) is 5.26 Å². The molecule has 2 N–H and O–H groups in total. The SMILES string of the molecule is CNc1ccccc1C(=O)OCC(=O)Nc1ccc(C#N)cc1. The minimum atomic E-state index is -0.579. The highest BCUT2D eigenvalue weighted by molar-refractivity contribution is 5.98. The van der Waals surface area contributed by atoms with Crippen LogP contribution in [0.4, 0.5) is 11.4 Å². The number of anilines is 2. The van der Waals surface area contributed by atoms with Crippen LogP contribution < -0.4 is 10.6 Å². The maximum Gasteiger partial charge on any atom is 0.340 e. The van der Waals surface area contributed by atoms with Gasteiger partial charge in [-0.2, -0.15) is 5.26 Å². The number of carbonyl (C=O) groups is 2. The van der Waals surface area contributed by atoms with E-state index in [1.165, 1.54) is 0 Å². The fraction of sp³-hybridized carbons (Fsp3) is 0.118. The third-order valence-electron chi connectivity index (χ3n) is 3.05. The van der Waals surface area contributed by atoms with Gasteiger partial charge in [-0.3, -0.25) is 4.79 Å². The second-order valence-corrected chi connectivity index (χ2v) is 4.61. The maximum atomic E-state index is 12.0. The number of nitrogens with one attached hydrogen (secondary N) is 2. The van der Waals surface area contributed by atoms with Gasteiger partial charge >= 0.3 is 5.97 Å². The van der Waals surface area contributed by atoms with Crippen LogP contribution in [0.5, 0.6) is 0 Å². The molecular weight excluding hydrogens is 294 g/mol. The molecule has 0 heterocycles. The average Bonchev–Trinajstić information content (AvgIpc) is 2.60. The van der Waals surface area contributed by atoms with Gasteiger partial charge in [-0.1, -0.05) is 12.1 Å². The summed E-state index contributed by atoms with van der Waals surface area (Å²) in [6.07, 6.45) is 0. The Morgan fingerprint density at radius 1 is 1.13 bits per heavy atom. The molecule has 0 aliphatic heterocycles. The summed E-state index contributed by atoms with van der Waals surface area (Å²) in [5.74, 6) is -1.03. The lowest BCUT2D eigenvalue weighted by Gasteiger charge is -2.09. The molecule has 6 heteroatoms. The zero-order valence-electron chi connectivity index (χ0n) is 12.5. The summed E-state index contributed by atoms with van der Waals surface area (Å²) in [5, 5.41) is 14.2. The van der Waals surface area contributed by atoms with Crippen molar-refractivity contribution in [3.8, 4) is 6.07 Å². The van der Waals surface area contributed by atoms with Gasteiger partial charge in [-0.15, -0.1) is 0 Å². The average molecular weight is 309 g/mol. The van der Waals surface area contributed by atoms with Crippen LogP contribution in [0.1, 0.15) is 15.9 Å². The highest BCUT2D eigenvalue weighted by atomic mass is 16.5. The molecular formula is C17H15N3O3. The van der Waals surface area contributed by atoms with E-state index in [1.807, 2.05) is 6.07 Å². The zero-order valence-corrected chi connectivity index (χ0v) is 12.5. The normalized spacial score (nSPS) is 9.57. The molecule has 0 aromatic heterocycles. The van der Waals surface area contributed by atoms with Gasteiger partial charge < -0.3 is 15.4 Å². The Balaban J connectivity index is 1.91. The lowest BCUT2D eigenvalue weighted by Crippen LogP contribution is -2.21. The van der Waals surface area contributed by atoms with Gasteiger partial charge in [0.05, 0.1) is 17.2 Å². The summed E-state index contributed by atoms with van der Waals surface area (Å²) < 4.78 is 5.01. The minimum absolute atomic E-state index is 0.362. The number of benzene rings is 2. The van der Waals surface area contributed by atoms with E-state index in [4.69, 9.17) is 10.00 Å². The summed E-state index contributed by atoms with van der Waals surface area (Å²) in [5.41, 5.74) is 2.02. The number of ether oxygens (including phenoxy) is 1. The third-order valence-corrected chi connectivity index (χ3v) is 3.05. The Bertz CT molecular complexity index is 748. The topological polar surface area (TPSA) is 91.2 Å². The molecule has 6 nitrogen and oxygen atoms in total. The first-order valence-corrected chi connectivity index (χ1v) is 6.88. The van der Waals surface area contributed by atoms with Crippen molar-refractivity contribution in [3.63, 3.8) is 0 Å². The third kappa shape index (κ3) is 4.32. The van der Waals surface area contributed by atoms with Gasteiger partial charge in [0.25, 0.3) is 5.91 Å². The van der Waals surface area contributed by atoms with E-state index < -0.39 is 18.5 Å². The Morgan fingerprint density at radius 3 is 2.48 bits per heavy atom. The summed E-state index contributed by atoms with van der Waals surface area (Å²) >= 11 is 0. The van der Waals surface area contributed by atoms with Gasteiger partial charge in [-0.25, -0.2) is 4.79 Å². The molecule has 0 fully saturated rings. The number of carbonyl (C=O) groups excluding carboxylic acids is 2. The number of nitrogens with zero attached hydrogens (tertiary/aromatic N) is 1. The standard InChI is InChI=1S/C17H15N3O3/c1-19-15-5-3-2-4-14(15)17(22)23-11-16(21)20-13-8-6-12(10-18)7-9-13/h2-9,19H,11H2,1H3,(H,20,21). The van der Waals surface area contributed by atoms with Crippen LogP contribution in [0.25, 0.3) is 0 Å². The first-order valence-electron chi connectivity index (χ1n) is 6.88. The molecule has 0 radical (unpaired) electrons. The Kier molecular flexibility index (Phi) is 5.31. The van der Waals surface area contributed by atoms with Crippen LogP contribution in [0, 0.1) is 11.3 Å². The second-order valence-electron chi connectivity index (χ2n) is 4.61. The first kappa shape index (κ1) is 16.0. The van der Waals surface area contributed by atoms with Gasteiger partial charge in [-0.05, 0) is 36.4 Å². The smallest absolute Gasteiger partial charge is 0.340 e. The molecule has 0 spiro atoms. The van der Waals surface area contributed by atoms with E-state index in [0.29, 0.717) is 22.5 Å². The van der Waals surface area contributed by atoms with Crippen molar-refractivity contribution in [2.75, 3.05) is 24.3 Å². The number of amides is 1. The van der Waals surface area contributed by atoms with E-state index in [2.05, 4.69) is 10.6 Å². The van der Waals surface area contributed by atoms with E-state index in [0.717, 1.165) is 0 Å². The highest BCUT2D eigenvalue weighted by Crippen LogP contribution is 2.15. The predicted molar refractivity (Wildman–Crippen MR) is 86.1 cm³/mol. The molecule has 0 atom stereocenters. The number of para-hydroxylation sites is 1. The summed E-state index contributed by atoms with van der Waals surface area (Å²) in [4.78, 5) is 23.8. The van der Waals surface area contributed by atoms with E-state index >= 15 is 0 Å². The molecule has 2 aromatic rings. The quantitative estimate of drug-likeness (QED) is 0.828. The van der Waals surface area contributed by atoms with Crippen molar-refractivity contribution < 1.29 is 14.3 Å². The first-order chi connectivity index (χ1) is 11.1. The molecule has 0 aliphatic carbocycles. The summed E-state index contributed by atoms with van der Waals surface area (Å²) in [6.45, 7) is -0.392. The number of nitriles is 1. The van der Waals surface area contributed by atoms with Crippen LogP contribution in [0.3, 0.4) is 0 Å². The molecule has 0 aliphatic rings. The molecule has 116 valence electrons. The molecule has 0 bridgehead atoms. The summed E-state index contributed by atoms with van der Waals surface area (Å²) in [6, 6.07) is 15.2. The highest BCUT2D eigenvalue weighted by Gasteiger charge is 2.13. The fourth-order valence-corrected chi connectivity index (χ4v) is 1.91. The van der Waals surface area contributed by atoms with Gasteiger partial charge in [0, 0.05) is 18.4 Å². The molecule has 2 rings (SSSR count). The van der Waals surface area contributed by atoms with Crippen LogP contribution in [-0.2, 0) is 9.53 Å². The van der Waals surface area contributed by atoms with Crippen molar-refractivity contribution in [1.82, 2.24) is 0 Å². The molecule has 0 unspecified atom stereocenters. The van der Waals surface area contributed by atoms with Crippen LogP contribution >= 0.6 is 0 Å². The lowest BCUT2D eigenvalue weighted by atomic mass is 10.2. The predicted octanol–water partition coefficient (Wildman–Crippen LogP) is 2.40. The number of hydrogen-bond acceptors (Lipinski definition) is 5. The second kappa shape index (κ2) is 7.61. The molecule has 0 saturated carbocycles. The maximum absolute atomic E-state index is 12.0.